The summed E-state index contributed by atoms with van der Waals surface area (Å²) < 4.78 is 5.56. The van der Waals surface area contributed by atoms with Gasteiger partial charge in [-0.15, -0.1) is 0 Å². The molecule has 1 saturated heterocycles. The minimum absolute atomic E-state index is 0.134. The Labute approximate surface area is 128 Å². The van der Waals surface area contributed by atoms with Crippen LogP contribution in [0.4, 0.5) is 5.69 Å². The van der Waals surface area contributed by atoms with Crippen LogP contribution in [0.5, 0.6) is 0 Å². The van der Waals surface area contributed by atoms with Crippen LogP contribution in [0.1, 0.15) is 38.5 Å². The lowest BCUT2D eigenvalue weighted by Crippen LogP contribution is -2.43. The Balaban J connectivity index is 1.76. The molecule has 1 aromatic rings. The number of hydrogen-bond acceptors (Lipinski definition) is 3. The highest BCUT2D eigenvalue weighted by atomic mass is 35.5. The summed E-state index contributed by atoms with van der Waals surface area (Å²) in [5.41, 5.74) is 0.112. The van der Waals surface area contributed by atoms with E-state index in [0.717, 1.165) is 32.1 Å². The van der Waals surface area contributed by atoms with Gasteiger partial charge in [-0.3, -0.25) is 9.59 Å². The first-order valence-electron chi connectivity index (χ1n) is 7.37. The van der Waals surface area contributed by atoms with Crippen molar-refractivity contribution in [3.63, 3.8) is 0 Å². The molecule has 0 aromatic heterocycles. The molecule has 1 N–H and O–H groups in total. The van der Waals surface area contributed by atoms with Crippen molar-refractivity contribution >= 4 is 29.2 Å². The van der Waals surface area contributed by atoms with Crippen LogP contribution in [0, 0.1) is 5.92 Å². The van der Waals surface area contributed by atoms with Gasteiger partial charge in [-0.05, 0) is 49.9 Å². The van der Waals surface area contributed by atoms with E-state index in [9.17, 15) is 9.59 Å². The molecule has 1 aliphatic carbocycles. The number of halogens is 1. The molecule has 0 radical (unpaired) electrons. The minimum Gasteiger partial charge on any atom is -0.458 e. The number of carbonyl (C=O) groups is 2. The quantitative estimate of drug-likeness (QED) is 0.850. The maximum Gasteiger partial charge on any atom is 0.307 e. The van der Waals surface area contributed by atoms with Crippen LogP contribution in [0.3, 0.4) is 0 Å². The number of hydrogen-bond donors (Lipinski definition) is 1. The molecule has 4 nitrogen and oxygen atoms in total. The molecule has 1 saturated carbocycles. The van der Waals surface area contributed by atoms with Gasteiger partial charge in [-0.2, -0.15) is 0 Å². The smallest absolute Gasteiger partial charge is 0.307 e. The van der Waals surface area contributed by atoms with E-state index in [-0.39, 0.29) is 24.2 Å². The van der Waals surface area contributed by atoms with Crippen molar-refractivity contribution in [3.05, 3.63) is 29.3 Å². The molecule has 1 spiro atoms. The molecule has 0 bridgehead atoms. The second-order valence-electron chi connectivity index (χ2n) is 5.85. The van der Waals surface area contributed by atoms with Crippen LogP contribution in [0.15, 0.2) is 24.3 Å². The zero-order valence-electron chi connectivity index (χ0n) is 11.7. The third-order valence-corrected chi connectivity index (χ3v) is 4.70. The van der Waals surface area contributed by atoms with Crippen LogP contribution < -0.4 is 5.32 Å². The number of amides is 1. The average Bonchev–Trinajstić information content (AvgIpc) is 2.78. The van der Waals surface area contributed by atoms with E-state index in [4.69, 9.17) is 16.3 Å². The Bertz CT molecular complexity index is 549. The largest absolute Gasteiger partial charge is 0.458 e. The fraction of sp³-hybridized carbons (Fsp3) is 0.500. The van der Waals surface area contributed by atoms with E-state index in [1.807, 2.05) is 0 Å². The Morgan fingerprint density at radius 1 is 1.19 bits per heavy atom. The molecule has 1 amide bonds. The number of rotatable bonds is 2. The van der Waals surface area contributed by atoms with Crippen LogP contribution >= 0.6 is 11.6 Å². The lowest BCUT2D eigenvalue weighted by atomic mass is 9.75. The van der Waals surface area contributed by atoms with Crippen LogP contribution in [0.25, 0.3) is 0 Å². The van der Waals surface area contributed by atoms with E-state index >= 15 is 0 Å². The highest BCUT2D eigenvalue weighted by Crippen LogP contribution is 2.44. The third-order valence-electron chi connectivity index (χ3n) is 4.45. The van der Waals surface area contributed by atoms with E-state index in [1.54, 1.807) is 24.3 Å². The molecule has 0 unspecified atom stereocenters. The molecule has 21 heavy (non-hydrogen) atoms. The zero-order chi connectivity index (χ0) is 14.9. The summed E-state index contributed by atoms with van der Waals surface area (Å²) in [5.74, 6) is -0.779. The fourth-order valence-corrected chi connectivity index (χ4v) is 3.51. The molecule has 2 fully saturated rings. The second-order valence-corrected chi connectivity index (χ2v) is 6.29. The van der Waals surface area contributed by atoms with Crippen molar-refractivity contribution in [1.82, 2.24) is 0 Å². The molecular weight excluding hydrogens is 290 g/mol. The van der Waals surface area contributed by atoms with Gasteiger partial charge >= 0.3 is 5.97 Å². The van der Waals surface area contributed by atoms with Crippen molar-refractivity contribution < 1.29 is 14.3 Å². The van der Waals surface area contributed by atoms with Crippen molar-refractivity contribution in [2.24, 2.45) is 5.92 Å². The van der Waals surface area contributed by atoms with Crippen LogP contribution in [0.2, 0.25) is 5.02 Å². The van der Waals surface area contributed by atoms with Crippen molar-refractivity contribution in [2.45, 2.75) is 44.1 Å². The monoisotopic (exact) mass is 307 g/mol. The van der Waals surface area contributed by atoms with Gasteiger partial charge in [0.05, 0.1) is 12.3 Å². The first-order valence-corrected chi connectivity index (χ1v) is 7.75. The maximum atomic E-state index is 12.5. The van der Waals surface area contributed by atoms with E-state index in [1.165, 1.54) is 0 Å². The lowest BCUT2D eigenvalue weighted by Gasteiger charge is -2.36. The summed E-state index contributed by atoms with van der Waals surface area (Å²) in [6.07, 6.45) is 4.93. The summed E-state index contributed by atoms with van der Waals surface area (Å²) in [7, 11) is 0. The number of ether oxygens (including phenoxy) is 1. The van der Waals surface area contributed by atoms with Crippen molar-refractivity contribution in [1.29, 1.82) is 0 Å². The highest BCUT2D eigenvalue weighted by molar-refractivity contribution is 6.30. The minimum atomic E-state index is -0.578. The van der Waals surface area contributed by atoms with Crippen LogP contribution in [-0.2, 0) is 14.3 Å². The molecule has 1 heterocycles. The van der Waals surface area contributed by atoms with Gasteiger partial charge in [0.25, 0.3) is 0 Å². The number of anilines is 1. The highest BCUT2D eigenvalue weighted by Gasteiger charge is 2.52. The van der Waals surface area contributed by atoms with Gasteiger partial charge in [-0.1, -0.05) is 18.0 Å². The summed E-state index contributed by atoms with van der Waals surface area (Å²) in [5, 5.41) is 3.49. The number of nitrogens with one attached hydrogen (secondary N) is 1. The Morgan fingerprint density at radius 3 is 2.52 bits per heavy atom. The summed E-state index contributed by atoms with van der Waals surface area (Å²) >= 11 is 5.83. The zero-order valence-corrected chi connectivity index (χ0v) is 12.5. The maximum absolute atomic E-state index is 12.5. The van der Waals surface area contributed by atoms with Gasteiger partial charge in [0.2, 0.25) is 5.91 Å². The summed E-state index contributed by atoms with van der Waals surface area (Å²) in [6, 6.07) is 6.96. The standard InChI is InChI=1S/C16H18ClNO3/c17-11-4-6-12(7-5-11)18-15(20)13-10-14(19)21-16(13)8-2-1-3-9-16/h4-7,13H,1-3,8-10H2,(H,18,20)/t13-/m0/s1. The average molecular weight is 308 g/mol. The SMILES string of the molecule is O=C1C[C@@H](C(=O)Nc2ccc(Cl)cc2)C2(CCCCC2)O1. The molecule has 1 aromatic carbocycles. The number of carbonyl (C=O) groups excluding carboxylic acids is 2. The first kappa shape index (κ1) is 14.4. The summed E-state index contributed by atoms with van der Waals surface area (Å²) in [4.78, 5) is 24.3. The number of benzene rings is 1. The molecule has 112 valence electrons. The Morgan fingerprint density at radius 2 is 1.86 bits per heavy atom. The molecule has 1 atom stereocenters. The predicted molar refractivity (Wildman–Crippen MR) is 80.1 cm³/mol. The molecule has 2 aliphatic rings. The summed E-state index contributed by atoms with van der Waals surface area (Å²) in [6.45, 7) is 0. The van der Waals surface area contributed by atoms with E-state index in [0.29, 0.717) is 10.7 Å². The fourth-order valence-electron chi connectivity index (χ4n) is 3.39. The van der Waals surface area contributed by atoms with Crippen molar-refractivity contribution in [2.75, 3.05) is 5.32 Å². The number of esters is 1. The predicted octanol–water partition coefficient (Wildman–Crippen LogP) is 3.54. The Hall–Kier alpha value is -1.55. The lowest BCUT2D eigenvalue weighted by molar-refractivity contribution is -0.153. The molecule has 3 rings (SSSR count). The first-order chi connectivity index (χ1) is 10.1. The van der Waals surface area contributed by atoms with Gasteiger partial charge < -0.3 is 10.1 Å². The van der Waals surface area contributed by atoms with Gasteiger partial charge in [0.15, 0.2) is 0 Å². The van der Waals surface area contributed by atoms with E-state index < -0.39 is 5.60 Å². The molecular formula is C16H18ClNO3. The normalized spacial score (nSPS) is 23.9. The molecule has 5 heteroatoms. The topological polar surface area (TPSA) is 55.4 Å². The van der Waals surface area contributed by atoms with E-state index in [2.05, 4.69) is 5.32 Å². The second kappa shape index (κ2) is 5.68. The van der Waals surface area contributed by atoms with Crippen molar-refractivity contribution in [3.8, 4) is 0 Å². The Kier molecular flexibility index (Phi) is 3.89. The van der Waals surface area contributed by atoms with Gasteiger partial charge in [0, 0.05) is 10.7 Å². The van der Waals surface area contributed by atoms with Gasteiger partial charge in [-0.25, -0.2) is 0 Å². The van der Waals surface area contributed by atoms with Crippen LogP contribution in [-0.4, -0.2) is 17.5 Å². The van der Waals surface area contributed by atoms with Gasteiger partial charge in [0.1, 0.15) is 5.60 Å². The third kappa shape index (κ3) is 2.91. The molecule has 1 aliphatic heterocycles.